The van der Waals surface area contributed by atoms with Crippen LogP contribution in [0.3, 0.4) is 0 Å². The number of benzene rings is 2. The zero-order valence-corrected chi connectivity index (χ0v) is 22.8. The average molecular weight is 510 g/mol. The fraction of sp³-hybridized carbons (Fsp3) is 0.333. The lowest BCUT2D eigenvalue weighted by Crippen LogP contribution is -2.49. The van der Waals surface area contributed by atoms with Crippen LogP contribution >= 0.6 is 0 Å². The SMILES string of the molecule is Cc1cccc(N2CCN(C(=O)c3ccc(Nc4nccc(-c5cnc(C)n5C(C)C)n4)cc3)CC2)c1C. The number of aryl methyl sites for hydroxylation is 2. The van der Waals surface area contributed by atoms with Crippen molar-refractivity contribution in [2.24, 2.45) is 0 Å². The summed E-state index contributed by atoms with van der Waals surface area (Å²) in [4.78, 5) is 31.1. The Morgan fingerprint density at radius 2 is 1.66 bits per heavy atom. The van der Waals surface area contributed by atoms with E-state index in [1.807, 2.05) is 48.4 Å². The van der Waals surface area contributed by atoms with E-state index in [1.165, 1.54) is 16.8 Å². The topological polar surface area (TPSA) is 79.2 Å². The van der Waals surface area contributed by atoms with Crippen LogP contribution in [0.25, 0.3) is 11.4 Å². The van der Waals surface area contributed by atoms with E-state index >= 15 is 0 Å². The molecule has 1 saturated heterocycles. The Balaban J connectivity index is 1.23. The van der Waals surface area contributed by atoms with Crippen LogP contribution in [0.1, 0.15) is 47.2 Å². The summed E-state index contributed by atoms with van der Waals surface area (Å²) in [5, 5.41) is 3.27. The third-order valence-electron chi connectivity index (χ3n) is 7.29. The number of anilines is 3. The highest BCUT2D eigenvalue weighted by Crippen LogP contribution is 2.26. The predicted octanol–water partition coefficient (Wildman–Crippen LogP) is 5.55. The molecule has 1 aliphatic rings. The van der Waals surface area contributed by atoms with Crippen LogP contribution < -0.4 is 10.2 Å². The summed E-state index contributed by atoms with van der Waals surface area (Å²) in [5.74, 6) is 1.51. The van der Waals surface area contributed by atoms with Crippen LogP contribution in [-0.2, 0) is 0 Å². The van der Waals surface area contributed by atoms with Gasteiger partial charge in [-0.2, -0.15) is 0 Å². The summed E-state index contributed by atoms with van der Waals surface area (Å²) in [6, 6.07) is 16.1. The quantitative estimate of drug-likeness (QED) is 0.367. The molecule has 0 atom stereocenters. The Morgan fingerprint density at radius 1 is 0.921 bits per heavy atom. The molecule has 2 aromatic heterocycles. The molecule has 0 spiro atoms. The molecule has 5 rings (SSSR count). The van der Waals surface area contributed by atoms with Gasteiger partial charge in [0, 0.05) is 55.4 Å². The maximum Gasteiger partial charge on any atom is 0.253 e. The van der Waals surface area contributed by atoms with Gasteiger partial charge in [0.25, 0.3) is 5.91 Å². The van der Waals surface area contributed by atoms with Gasteiger partial charge in [-0.3, -0.25) is 4.79 Å². The van der Waals surface area contributed by atoms with Gasteiger partial charge in [-0.05, 0) is 82.1 Å². The van der Waals surface area contributed by atoms with Gasteiger partial charge in [0.15, 0.2) is 0 Å². The molecule has 2 aromatic carbocycles. The first-order valence-electron chi connectivity index (χ1n) is 13.2. The van der Waals surface area contributed by atoms with E-state index < -0.39 is 0 Å². The van der Waals surface area contributed by atoms with Crippen molar-refractivity contribution in [1.29, 1.82) is 0 Å². The molecule has 0 aliphatic carbocycles. The lowest BCUT2D eigenvalue weighted by atomic mass is 10.1. The van der Waals surface area contributed by atoms with E-state index in [-0.39, 0.29) is 11.9 Å². The second-order valence-corrected chi connectivity index (χ2v) is 10.1. The summed E-state index contributed by atoms with van der Waals surface area (Å²) in [7, 11) is 0. The molecule has 8 nitrogen and oxygen atoms in total. The molecular weight excluding hydrogens is 474 g/mol. The van der Waals surface area contributed by atoms with Crippen molar-refractivity contribution in [3.63, 3.8) is 0 Å². The van der Waals surface area contributed by atoms with Gasteiger partial charge in [0.2, 0.25) is 5.95 Å². The zero-order valence-electron chi connectivity index (χ0n) is 22.8. The maximum atomic E-state index is 13.2. The summed E-state index contributed by atoms with van der Waals surface area (Å²) in [5.41, 5.74) is 7.15. The van der Waals surface area contributed by atoms with Crippen LogP contribution in [0.15, 0.2) is 60.9 Å². The van der Waals surface area contributed by atoms with Gasteiger partial charge in [-0.25, -0.2) is 15.0 Å². The van der Waals surface area contributed by atoms with Crippen molar-refractivity contribution in [2.75, 3.05) is 36.4 Å². The number of hydrogen-bond acceptors (Lipinski definition) is 6. The Labute approximate surface area is 224 Å². The van der Waals surface area contributed by atoms with Crippen molar-refractivity contribution in [3.05, 3.63) is 83.4 Å². The molecule has 0 unspecified atom stereocenters. The summed E-state index contributed by atoms with van der Waals surface area (Å²) >= 11 is 0. The number of rotatable bonds is 6. The lowest BCUT2D eigenvalue weighted by molar-refractivity contribution is 0.0747. The predicted molar refractivity (Wildman–Crippen MR) is 152 cm³/mol. The van der Waals surface area contributed by atoms with Crippen LogP contribution in [-0.4, -0.2) is 56.5 Å². The van der Waals surface area contributed by atoms with E-state index in [4.69, 9.17) is 4.98 Å². The number of imidazole rings is 1. The van der Waals surface area contributed by atoms with Crippen molar-refractivity contribution < 1.29 is 4.79 Å². The molecule has 1 N–H and O–H groups in total. The van der Waals surface area contributed by atoms with Crippen LogP contribution in [0.2, 0.25) is 0 Å². The molecule has 1 fully saturated rings. The summed E-state index contributed by atoms with van der Waals surface area (Å²) in [6.45, 7) is 13.6. The standard InChI is InChI=1S/C30H35N7O/c1-20(2)37-23(5)32-19-28(37)26-13-14-31-30(34-26)33-25-11-9-24(10-12-25)29(38)36-17-15-35(16-18-36)27-8-6-7-21(3)22(27)4/h6-14,19-20H,15-18H2,1-5H3,(H,31,33,34). The average Bonchev–Trinajstić information content (AvgIpc) is 3.32. The van der Waals surface area contributed by atoms with Gasteiger partial charge in [0.05, 0.1) is 17.6 Å². The molecule has 196 valence electrons. The van der Waals surface area contributed by atoms with Crippen molar-refractivity contribution in [2.45, 2.75) is 40.7 Å². The highest BCUT2D eigenvalue weighted by molar-refractivity contribution is 5.94. The molecule has 1 amide bonds. The number of carbonyl (C=O) groups is 1. The Morgan fingerprint density at radius 3 is 2.37 bits per heavy atom. The molecule has 1 aliphatic heterocycles. The third-order valence-corrected chi connectivity index (χ3v) is 7.29. The van der Waals surface area contributed by atoms with Gasteiger partial charge >= 0.3 is 0 Å². The Kier molecular flexibility index (Phi) is 7.13. The van der Waals surface area contributed by atoms with E-state index in [2.05, 4.69) is 70.6 Å². The van der Waals surface area contributed by atoms with E-state index in [9.17, 15) is 4.79 Å². The highest BCUT2D eigenvalue weighted by atomic mass is 16.2. The van der Waals surface area contributed by atoms with Gasteiger partial charge < -0.3 is 19.7 Å². The Bertz CT molecular complexity index is 1430. The van der Waals surface area contributed by atoms with Gasteiger partial charge in [0.1, 0.15) is 5.82 Å². The molecule has 0 saturated carbocycles. The van der Waals surface area contributed by atoms with E-state index in [1.54, 1.807) is 6.20 Å². The van der Waals surface area contributed by atoms with Gasteiger partial charge in [-0.15, -0.1) is 0 Å². The summed E-state index contributed by atoms with van der Waals surface area (Å²) < 4.78 is 2.16. The van der Waals surface area contributed by atoms with E-state index in [0.29, 0.717) is 24.6 Å². The molecule has 8 heteroatoms. The van der Waals surface area contributed by atoms with Crippen molar-refractivity contribution in [3.8, 4) is 11.4 Å². The summed E-state index contributed by atoms with van der Waals surface area (Å²) in [6.07, 6.45) is 3.59. The molecule has 38 heavy (non-hydrogen) atoms. The number of hydrogen-bond donors (Lipinski definition) is 1. The minimum absolute atomic E-state index is 0.0627. The van der Waals surface area contributed by atoms with Crippen molar-refractivity contribution >= 4 is 23.2 Å². The first kappa shape index (κ1) is 25.4. The fourth-order valence-electron chi connectivity index (χ4n) is 5.09. The molecule has 0 radical (unpaired) electrons. The third kappa shape index (κ3) is 5.11. The second-order valence-electron chi connectivity index (χ2n) is 10.1. The number of aromatic nitrogens is 4. The second kappa shape index (κ2) is 10.7. The first-order valence-corrected chi connectivity index (χ1v) is 13.2. The van der Waals surface area contributed by atoms with Crippen LogP contribution in [0.4, 0.5) is 17.3 Å². The zero-order chi connectivity index (χ0) is 26.8. The molecule has 0 bridgehead atoms. The first-order chi connectivity index (χ1) is 18.3. The Hall–Kier alpha value is -4.20. The number of nitrogens with zero attached hydrogens (tertiary/aromatic N) is 6. The number of piperazine rings is 1. The normalized spacial score (nSPS) is 13.7. The largest absolute Gasteiger partial charge is 0.368 e. The van der Waals surface area contributed by atoms with Crippen LogP contribution in [0.5, 0.6) is 0 Å². The van der Waals surface area contributed by atoms with Crippen LogP contribution in [0, 0.1) is 20.8 Å². The van der Waals surface area contributed by atoms with Gasteiger partial charge in [-0.1, -0.05) is 12.1 Å². The fourth-order valence-corrected chi connectivity index (χ4v) is 5.09. The maximum absolute atomic E-state index is 13.2. The monoisotopic (exact) mass is 509 g/mol. The minimum atomic E-state index is 0.0627. The van der Waals surface area contributed by atoms with Crippen molar-refractivity contribution in [1.82, 2.24) is 24.4 Å². The molecule has 3 heterocycles. The number of amides is 1. The van der Waals surface area contributed by atoms with E-state index in [0.717, 1.165) is 36.0 Å². The minimum Gasteiger partial charge on any atom is -0.368 e. The highest BCUT2D eigenvalue weighted by Gasteiger charge is 2.23. The molecular formula is C30H35N7O. The number of carbonyl (C=O) groups excluding carboxylic acids is 1. The molecule has 4 aromatic rings. The number of nitrogens with one attached hydrogen (secondary N) is 1. The smallest absolute Gasteiger partial charge is 0.253 e. The lowest BCUT2D eigenvalue weighted by Gasteiger charge is -2.37.